The van der Waals surface area contributed by atoms with Gasteiger partial charge in [0.1, 0.15) is 5.76 Å². The minimum atomic E-state index is -0.312. The summed E-state index contributed by atoms with van der Waals surface area (Å²) in [7, 11) is 0. The predicted octanol–water partition coefficient (Wildman–Crippen LogP) is 3.44. The number of hydrogen-bond donors (Lipinski definition) is 0. The minimum Gasteiger partial charge on any atom is -0.465 e. The highest BCUT2D eigenvalue weighted by Crippen LogP contribution is 2.25. The van der Waals surface area contributed by atoms with E-state index in [1.807, 2.05) is 0 Å². The van der Waals surface area contributed by atoms with Crippen molar-refractivity contribution in [3.8, 4) is 0 Å². The van der Waals surface area contributed by atoms with Crippen LogP contribution in [0.2, 0.25) is 0 Å². The van der Waals surface area contributed by atoms with Crippen molar-refractivity contribution in [3.05, 3.63) is 42.4 Å². The highest BCUT2D eigenvalue weighted by atomic mass is 16.5. The minimum absolute atomic E-state index is 0.312. The van der Waals surface area contributed by atoms with Gasteiger partial charge in [0, 0.05) is 6.08 Å². The van der Waals surface area contributed by atoms with Gasteiger partial charge in [-0.3, -0.25) is 0 Å². The van der Waals surface area contributed by atoms with Gasteiger partial charge in [0.2, 0.25) is 0 Å². The van der Waals surface area contributed by atoms with Crippen molar-refractivity contribution in [2.45, 2.75) is 19.8 Å². The van der Waals surface area contributed by atoms with E-state index in [-0.39, 0.29) is 5.97 Å². The largest absolute Gasteiger partial charge is 0.465 e. The molecular weight excluding hydrogens is 228 g/mol. The Morgan fingerprint density at radius 2 is 2.33 bits per heavy atom. The number of carbonyl (C=O) groups is 1. The quantitative estimate of drug-likeness (QED) is 0.464. The molecule has 2 unspecified atom stereocenters. The van der Waals surface area contributed by atoms with Crippen molar-refractivity contribution >= 4 is 12.0 Å². The van der Waals surface area contributed by atoms with Crippen LogP contribution in [0.1, 0.15) is 25.5 Å². The smallest absolute Gasteiger partial charge is 0.330 e. The van der Waals surface area contributed by atoms with Crippen molar-refractivity contribution in [2.24, 2.45) is 11.8 Å². The highest BCUT2D eigenvalue weighted by Gasteiger charge is 2.19. The molecule has 0 fully saturated rings. The van der Waals surface area contributed by atoms with Crippen LogP contribution in [0.15, 0.2) is 41.0 Å². The van der Waals surface area contributed by atoms with Gasteiger partial charge < -0.3 is 9.15 Å². The topological polar surface area (TPSA) is 39.4 Å². The number of rotatable bonds is 4. The Morgan fingerprint density at radius 1 is 1.50 bits per heavy atom. The second kappa shape index (κ2) is 6.24. The van der Waals surface area contributed by atoms with E-state index in [0.29, 0.717) is 24.2 Å². The van der Waals surface area contributed by atoms with Gasteiger partial charge in [-0.15, -0.1) is 0 Å². The van der Waals surface area contributed by atoms with Crippen LogP contribution < -0.4 is 0 Å². The SMILES string of the molecule is CC1CC=CCC1COC(=O)/C=C/c1ccco1. The Labute approximate surface area is 107 Å². The zero-order chi connectivity index (χ0) is 12.8. The van der Waals surface area contributed by atoms with Gasteiger partial charge >= 0.3 is 5.97 Å². The van der Waals surface area contributed by atoms with E-state index in [0.717, 1.165) is 12.8 Å². The van der Waals surface area contributed by atoms with Crippen LogP contribution in [0.3, 0.4) is 0 Å². The van der Waals surface area contributed by atoms with Crippen molar-refractivity contribution in [1.82, 2.24) is 0 Å². The number of esters is 1. The van der Waals surface area contributed by atoms with Crippen LogP contribution in [-0.4, -0.2) is 12.6 Å². The molecule has 0 saturated heterocycles. The molecule has 3 nitrogen and oxygen atoms in total. The third-order valence-corrected chi connectivity index (χ3v) is 3.28. The Hall–Kier alpha value is -1.77. The van der Waals surface area contributed by atoms with E-state index in [2.05, 4.69) is 19.1 Å². The molecule has 0 spiro atoms. The van der Waals surface area contributed by atoms with Gasteiger partial charge in [-0.1, -0.05) is 19.1 Å². The molecule has 0 N–H and O–H groups in total. The van der Waals surface area contributed by atoms with E-state index in [9.17, 15) is 4.79 Å². The molecule has 1 aliphatic carbocycles. The van der Waals surface area contributed by atoms with Crippen molar-refractivity contribution in [2.75, 3.05) is 6.61 Å². The Balaban J connectivity index is 1.76. The summed E-state index contributed by atoms with van der Waals surface area (Å²) in [6.07, 6.45) is 11.0. The molecular formula is C15H18O3. The normalized spacial score (nSPS) is 23.4. The Morgan fingerprint density at radius 3 is 3.06 bits per heavy atom. The monoisotopic (exact) mass is 246 g/mol. The Kier molecular flexibility index (Phi) is 4.40. The van der Waals surface area contributed by atoms with E-state index in [1.165, 1.54) is 6.08 Å². The zero-order valence-electron chi connectivity index (χ0n) is 10.5. The molecule has 1 aromatic rings. The number of allylic oxidation sites excluding steroid dienone is 2. The third-order valence-electron chi connectivity index (χ3n) is 3.28. The van der Waals surface area contributed by atoms with Crippen LogP contribution in [-0.2, 0) is 9.53 Å². The molecule has 0 radical (unpaired) electrons. The molecule has 0 aromatic carbocycles. The maximum absolute atomic E-state index is 11.5. The molecule has 2 atom stereocenters. The summed E-state index contributed by atoms with van der Waals surface area (Å²) in [5, 5.41) is 0. The number of ether oxygens (including phenoxy) is 1. The fraction of sp³-hybridized carbons (Fsp3) is 0.400. The lowest BCUT2D eigenvalue weighted by Crippen LogP contribution is -2.21. The standard InChI is InChI=1S/C15H18O3/c1-12-5-2-3-6-13(12)11-18-15(16)9-8-14-7-4-10-17-14/h2-4,7-10,12-13H,5-6,11H2,1H3/b9-8+. The first-order chi connectivity index (χ1) is 8.75. The number of furan rings is 1. The molecule has 3 heteroatoms. The van der Waals surface area contributed by atoms with Crippen molar-refractivity contribution in [3.63, 3.8) is 0 Å². The maximum atomic E-state index is 11.5. The summed E-state index contributed by atoms with van der Waals surface area (Å²) in [5.41, 5.74) is 0. The second-order valence-corrected chi connectivity index (χ2v) is 4.66. The highest BCUT2D eigenvalue weighted by molar-refractivity contribution is 5.86. The van der Waals surface area contributed by atoms with Gasteiger partial charge in [-0.25, -0.2) is 4.79 Å². The Bertz CT molecular complexity index is 429. The molecule has 0 bridgehead atoms. The molecule has 0 amide bonds. The van der Waals surface area contributed by atoms with Gasteiger partial charge in [0.15, 0.2) is 0 Å². The molecule has 2 rings (SSSR count). The van der Waals surface area contributed by atoms with Gasteiger partial charge in [0.25, 0.3) is 0 Å². The van der Waals surface area contributed by atoms with Crippen molar-refractivity contribution in [1.29, 1.82) is 0 Å². The molecule has 1 heterocycles. The van der Waals surface area contributed by atoms with Crippen LogP contribution in [0.5, 0.6) is 0 Å². The lowest BCUT2D eigenvalue weighted by molar-refractivity contribution is -0.139. The van der Waals surface area contributed by atoms with Crippen LogP contribution in [0.25, 0.3) is 6.08 Å². The van der Waals surface area contributed by atoms with Gasteiger partial charge in [-0.05, 0) is 42.9 Å². The molecule has 96 valence electrons. The summed E-state index contributed by atoms with van der Waals surface area (Å²) in [6, 6.07) is 3.57. The average Bonchev–Trinajstić information content (AvgIpc) is 2.88. The molecule has 1 aliphatic rings. The summed E-state index contributed by atoms with van der Waals surface area (Å²) in [5.74, 6) is 1.36. The lowest BCUT2D eigenvalue weighted by Gasteiger charge is -2.24. The summed E-state index contributed by atoms with van der Waals surface area (Å²) in [6.45, 7) is 2.69. The number of hydrogen-bond acceptors (Lipinski definition) is 3. The predicted molar refractivity (Wildman–Crippen MR) is 69.7 cm³/mol. The summed E-state index contributed by atoms with van der Waals surface area (Å²) in [4.78, 5) is 11.5. The van der Waals surface area contributed by atoms with E-state index >= 15 is 0 Å². The van der Waals surface area contributed by atoms with Gasteiger partial charge in [0.05, 0.1) is 12.9 Å². The first-order valence-electron chi connectivity index (χ1n) is 6.29. The maximum Gasteiger partial charge on any atom is 0.330 e. The van der Waals surface area contributed by atoms with Crippen LogP contribution >= 0.6 is 0 Å². The van der Waals surface area contributed by atoms with Crippen LogP contribution in [0, 0.1) is 11.8 Å². The fourth-order valence-electron chi connectivity index (χ4n) is 2.01. The third kappa shape index (κ3) is 3.62. The van der Waals surface area contributed by atoms with E-state index in [1.54, 1.807) is 24.5 Å². The lowest BCUT2D eigenvalue weighted by atomic mass is 9.85. The molecule has 0 aliphatic heterocycles. The molecule has 18 heavy (non-hydrogen) atoms. The molecule has 1 aromatic heterocycles. The van der Waals surface area contributed by atoms with Crippen LogP contribution in [0.4, 0.5) is 0 Å². The van der Waals surface area contributed by atoms with E-state index in [4.69, 9.17) is 9.15 Å². The number of carbonyl (C=O) groups excluding carboxylic acids is 1. The first kappa shape index (κ1) is 12.7. The van der Waals surface area contributed by atoms with Gasteiger partial charge in [-0.2, -0.15) is 0 Å². The first-order valence-corrected chi connectivity index (χ1v) is 6.29. The molecule has 0 saturated carbocycles. The zero-order valence-corrected chi connectivity index (χ0v) is 10.5. The second-order valence-electron chi connectivity index (χ2n) is 4.66. The van der Waals surface area contributed by atoms with Crippen molar-refractivity contribution < 1.29 is 13.9 Å². The average molecular weight is 246 g/mol. The van der Waals surface area contributed by atoms with E-state index < -0.39 is 0 Å². The fourth-order valence-corrected chi connectivity index (χ4v) is 2.01. The summed E-state index contributed by atoms with van der Waals surface area (Å²) >= 11 is 0. The summed E-state index contributed by atoms with van der Waals surface area (Å²) < 4.78 is 10.3.